The second-order valence-corrected chi connectivity index (χ2v) is 4.81. The normalized spacial score (nSPS) is 19.1. The van der Waals surface area contributed by atoms with Gasteiger partial charge in [0, 0.05) is 26.1 Å². The van der Waals surface area contributed by atoms with Crippen molar-refractivity contribution in [3.05, 3.63) is 0 Å². The molecule has 0 spiro atoms. The molecule has 1 unspecified atom stereocenters. The monoisotopic (exact) mass is 272 g/mol. The van der Waals surface area contributed by atoms with Crippen LogP contribution in [0.4, 0.5) is 0 Å². The maximum Gasteiger partial charge on any atom is 0.303 e. The van der Waals surface area contributed by atoms with Crippen molar-refractivity contribution in [3.8, 4) is 0 Å². The van der Waals surface area contributed by atoms with Gasteiger partial charge >= 0.3 is 5.97 Å². The van der Waals surface area contributed by atoms with Gasteiger partial charge < -0.3 is 20.5 Å². The zero-order chi connectivity index (χ0) is 13.9. The third-order valence-corrected chi connectivity index (χ3v) is 3.06. The third kappa shape index (κ3) is 8.56. The molecule has 1 rings (SSSR count). The number of carboxylic acids is 1. The number of aliphatic carboxylic acids is 1. The van der Waals surface area contributed by atoms with E-state index < -0.39 is 5.97 Å². The van der Waals surface area contributed by atoms with Gasteiger partial charge in [-0.05, 0) is 12.8 Å². The highest BCUT2D eigenvalue weighted by Crippen LogP contribution is 2.03. The van der Waals surface area contributed by atoms with E-state index >= 15 is 0 Å². The molecular weight excluding hydrogens is 248 g/mol. The highest BCUT2D eigenvalue weighted by atomic mass is 16.5. The molecule has 3 N–H and O–H groups in total. The van der Waals surface area contributed by atoms with Crippen LogP contribution in [0.5, 0.6) is 0 Å². The van der Waals surface area contributed by atoms with Crippen LogP contribution in [0.2, 0.25) is 0 Å². The average molecular weight is 272 g/mol. The van der Waals surface area contributed by atoms with Crippen molar-refractivity contribution >= 4 is 11.9 Å². The number of ether oxygens (including phenoxy) is 1. The molecule has 0 radical (unpaired) electrons. The van der Waals surface area contributed by atoms with Gasteiger partial charge in [0.2, 0.25) is 5.91 Å². The first kappa shape index (κ1) is 15.9. The van der Waals surface area contributed by atoms with Crippen molar-refractivity contribution in [1.82, 2.24) is 10.6 Å². The van der Waals surface area contributed by atoms with Crippen LogP contribution in [-0.4, -0.2) is 49.3 Å². The first-order valence-corrected chi connectivity index (χ1v) is 6.99. The number of nitrogens with one attached hydrogen (secondary N) is 2. The Bertz CT molecular complexity index is 278. The minimum Gasteiger partial charge on any atom is -0.481 e. The molecule has 1 saturated heterocycles. The summed E-state index contributed by atoms with van der Waals surface area (Å²) in [6.07, 6.45) is 4.10. The molecule has 19 heavy (non-hydrogen) atoms. The molecule has 1 fully saturated rings. The summed E-state index contributed by atoms with van der Waals surface area (Å²) in [5, 5.41) is 14.5. The van der Waals surface area contributed by atoms with E-state index in [2.05, 4.69) is 10.6 Å². The topological polar surface area (TPSA) is 87.7 Å². The van der Waals surface area contributed by atoms with Gasteiger partial charge in [-0.2, -0.15) is 0 Å². The standard InChI is InChI=1S/C13H24N2O4/c16-12(9-11-10-14-7-8-19-11)15-6-4-2-1-3-5-13(17)18/h11,14H,1-10H2,(H,15,16)(H,17,18). The van der Waals surface area contributed by atoms with Crippen molar-refractivity contribution in [1.29, 1.82) is 0 Å². The van der Waals surface area contributed by atoms with Crippen LogP contribution in [0, 0.1) is 0 Å². The predicted molar refractivity (Wildman–Crippen MR) is 71.0 cm³/mol. The lowest BCUT2D eigenvalue weighted by molar-refractivity contribution is -0.137. The van der Waals surface area contributed by atoms with Gasteiger partial charge in [0.05, 0.1) is 19.1 Å². The Morgan fingerprint density at radius 3 is 2.74 bits per heavy atom. The van der Waals surface area contributed by atoms with Gasteiger partial charge in [0.1, 0.15) is 0 Å². The van der Waals surface area contributed by atoms with Crippen LogP contribution in [0.1, 0.15) is 38.5 Å². The molecule has 6 heteroatoms. The Morgan fingerprint density at radius 2 is 2.05 bits per heavy atom. The predicted octanol–water partition coefficient (Wildman–Crippen LogP) is 0.516. The van der Waals surface area contributed by atoms with E-state index in [1.165, 1.54) is 0 Å². The number of amides is 1. The van der Waals surface area contributed by atoms with Gasteiger partial charge in [0.25, 0.3) is 0 Å². The van der Waals surface area contributed by atoms with Gasteiger partial charge in [-0.15, -0.1) is 0 Å². The van der Waals surface area contributed by atoms with E-state index in [1.807, 2.05) is 0 Å². The molecule has 0 aromatic rings. The fourth-order valence-corrected chi connectivity index (χ4v) is 2.01. The number of unbranched alkanes of at least 4 members (excludes halogenated alkanes) is 3. The van der Waals surface area contributed by atoms with Crippen molar-refractivity contribution in [2.45, 2.75) is 44.6 Å². The van der Waals surface area contributed by atoms with Crippen molar-refractivity contribution in [2.75, 3.05) is 26.2 Å². The first-order chi connectivity index (χ1) is 9.18. The van der Waals surface area contributed by atoms with E-state index in [-0.39, 0.29) is 18.4 Å². The number of carbonyl (C=O) groups excluding carboxylic acids is 1. The second kappa shape index (κ2) is 9.75. The number of morpholine rings is 1. The smallest absolute Gasteiger partial charge is 0.303 e. The molecule has 110 valence electrons. The highest BCUT2D eigenvalue weighted by Gasteiger charge is 2.16. The van der Waals surface area contributed by atoms with Crippen LogP contribution in [0.15, 0.2) is 0 Å². The Balaban J connectivity index is 1.90. The third-order valence-electron chi connectivity index (χ3n) is 3.06. The molecular formula is C13H24N2O4. The van der Waals surface area contributed by atoms with Crippen LogP contribution in [-0.2, 0) is 14.3 Å². The van der Waals surface area contributed by atoms with Crippen LogP contribution < -0.4 is 10.6 Å². The maximum absolute atomic E-state index is 11.6. The lowest BCUT2D eigenvalue weighted by atomic mass is 10.1. The van der Waals surface area contributed by atoms with E-state index in [0.717, 1.165) is 32.4 Å². The van der Waals surface area contributed by atoms with E-state index in [1.54, 1.807) is 0 Å². The zero-order valence-electron chi connectivity index (χ0n) is 11.3. The SMILES string of the molecule is O=C(O)CCCCCCNC(=O)CC1CNCCO1. The molecule has 1 aliphatic heterocycles. The zero-order valence-corrected chi connectivity index (χ0v) is 11.3. The Hall–Kier alpha value is -1.14. The van der Waals surface area contributed by atoms with E-state index in [4.69, 9.17) is 9.84 Å². The van der Waals surface area contributed by atoms with E-state index in [0.29, 0.717) is 26.0 Å². The molecule has 6 nitrogen and oxygen atoms in total. The van der Waals surface area contributed by atoms with E-state index in [9.17, 15) is 9.59 Å². The lowest BCUT2D eigenvalue weighted by Gasteiger charge is -2.23. The molecule has 1 amide bonds. The summed E-state index contributed by atoms with van der Waals surface area (Å²) in [7, 11) is 0. The summed E-state index contributed by atoms with van der Waals surface area (Å²) in [5.41, 5.74) is 0. The molecule has 0 aromatic heterocycles. The van der Waals surface area contributed by atoms with Crippen LogP contribution in [0.25, 0.3) is 0 Å². The van der Waals surface area contributed by atoms with Gasteiger partial charge in [-0.1, -0.05) is 12.8 Å². The molecule has 0 aromatic carbocycles. The lowest BCUT2D eigenvalue weighted by Crippen LogP contribution is -2.41. The summed E-state index contributed by atoms with van der Waals surface area (Å²) >= 11 is 0. The molecule has 1 atom stereocenters. The minimum absolute atomic E-state index is 0.00989. The Kier molecular flexibility index (Phi) is 8.16. The average Bonchev–Trinajstić information content (AvgIpc) is 2.38. The van der Waals surface area contributed by atoms with Crippen molar-refractivity contribution in [2.24, 2.45) is 0 Å². The minimum atomic E-state index is -0.741. The summed E-state index contributed by atoms with van der Waals surface area (Å²) in [4.78, 5) is 21.9. The molecule has 1 aliphatic rings. The second-order valence-electron chi connectivity index (χ2n) is 4.81. The van der Waals surface area contributed by atoms with Gasteiger partial charge in [-0.25, -0.2) is 0 Å². The van der Waals surface area contributed by atoms with Gasteiger partial charge in [0.15, 0.2) is 0 Å². The van der Waals surface area contributed by atoms with Crippen LogP contribution >= 0.6 is 0 Å². The molecule has 0 aliphatic carbocycles. The molecule has 1 heterocycles. The van der Waals surface area contributed by atoms with Crippen molar-refractivity contribution in [3.63, 3.8) is 0 Å². The van der Waals surface area contributed by atoms with Crippen molar-refractivity contribution < 1.29 is 19.4 Å². The van der Waals surface area contributed by atoms with Crippen LogP contribution in [0.3, 0.4) is 0 Å². The number of rotatable bonds is 9. The maximum atomic E-state index is 11.6. The Labute approximate surface area is 113 Å². The summed E-state index contributed by atoms with van der Waals surface area (Å²) in [5.74, 6) is -0.714. The molecule has 0 bridgehead atoms. The fourth-order valence-electron chi connectivity index (χ4n) is 2.01. The molecule has 0 saturated carbocycles. The first-order valence-electron chi connectivity index (χ1n) is 6.99. The number of hydrogen-bond acceptors (Lipinski definition) is 4. The Morgan fingerprint density at radius 1 is 1.26 bits per heavy atom. The van der Waals surface area contributed by atoms with Gasteiger partial charge in [-0.3, -0.25) is 9.59 Å². The summed E-state index contributed by atoms with van der Waals surface area (Å²) in [6.45, 7) is 2.92. The number of carbonyl (C=O) groups is 2. The fraction of sp³-hybridized carbons (Fsp3) is 0.846. The highest BCUT2D eigenvalue weighted by molar-refractivity contribution is 5.76. The quantitative estimate of drug-likeness (QED) is 0.532. The summed E-state index contributed by atoms with van der Waals surface area (Å²) in [6, 6.07) is 0. The number of carboxylic acid groups (broad SMARTS) is 1. The largest absolute Gasteiger partial charge is 0.481 e. The summed E-state index contributed by atoms with van der Waals surface area (Å²) < 4.78 is 5.45. The number of hydrogen-bond donors (Lipinski definition) is 3.